The van der Waals surface area contributed by atoms with Gasteiger partial charge in [-0.25, -0.2) is 0 Å². The van der Waals surface area contributed by atoms with Gasteiger partial charge in [0.25, 0.3) is 0 Å². The molecule has 2 saturated heterocycles. The maximum absolute atomic E-state index is 15.9. The second kappa shape index (κ2) is 20.4. The van der Waals surface area contributed by atoms with E-state index in [-0.39, 0.29) is 41.2 Å². The highest BCUT2D eigenvalue weighted by Gasteiger charge is 2.28. The number of hydrogen-bond donors (Lipinski definition) is 4. The highest BCUT2D eigenvalue weighted by Crippen LogP contribution is 2.50. The number of carbonyl (C=O) groups excluding carboxylic acids is 1. The molecule has 0 atom stereocenters. The second-order valence-electron chi connectivity index (χ2n) is 17.3. The Balaban J connectivity index is 0.00000562. The van der Waals surface area contributed by atoms with Crippen LogP contribution in [0.4, 0.5) is 0 Å². The highest BCUT2D eigenvalue weighted by atomic mass is 35.5. The number of phenols is 4. The van der Waals surface area contributed by atoms with E-state index in [4.69, 9.17) is 9.47 Å². The zero-order valence-electron chi connectivity index (χ0n) is 37.1. The van der Waals surface area contributed by atoms with E-state index in [9.17, 15) is 20.4 Å². The molecular weight excluding hydrogens is 900 g/mol. The molecule has 6 aromatic carbocycles. The van der Waals surface area contributed by atoms with Crippen LogP contribution >= 0.6 is 35.1 Å². The van der Waals surface area contributed by atoms with Gasteiger partial charge in [0.2, 0.25) is 0 Å². The number of fused-ring (bicyclic) bond motifs is 2. The van der Waals surface area contributed by atoms with Gasteiger partial charge in [0.1, 0.15) is 47.7 Å². The molecule has 2 fully saturated rings. The summed E-state index contributed by atoms with van der Waals surface area (Å²) in [5.74, 6) is 1.66. The number of nitrogens with zero attached hydrogens (tertiary/aromatic N) is 2. The van der Waals surface area contributed by atoms with Gasteiger partial charge in [-0.1, -0.05) is 12.8 Å². The number of aromatic hydroxyl groups is 4. The van der Waals surface area contributed by atoms with Crippen LogP contribution in [0.5, 0.6) is 34.5 Å². The largest absolute Gasteiger partial charge is 0.508 e. The standard InChI is InChI=1S/C55H52N2O7S2.ClH/c58-37-11-7-35(8-12-37)54-51(45-19-15-39(60)31-49(45)65-54)47-33-41(63-29-27-56-23-3-1-4-24-56)17-21-43(47)53(62)44-22-18-42(64-30-28-57-25-5-2-6-26-57)34-48(44)52-46-20-16-40(61)32-50(46)66-55(52)36-9-13-38(59)14-10-36;/h7-22,31-34,58-61H,1-6,23-30H2;1H. The van der Waals surface area contributed by atoms with Crippen LogP contribution in [0.3, 0.4) is 0 Å². The SMILES string of the molecule is Cl.O=C(c1ccc(OCCN2CCCCC2)cc1-c1c(-c2ccc(O)cc2)sc2cc(O)ccc12)c1ccc(OCCN2CCCCC2)cc1-c1c(-c2ccc(O)cc2)sc2cc(O)ccc12. The number of likely N-dealkylation sites (tertiary alicyclic amines) is 2. The number of hydrogen-bond acceptors (Lipinski definition) is 11. The van der Waals surface area contributed by atoms with E-state index in [0.29, 0.717) is 47.0 Å². The maximum Gasteiger partial charge on any atom is 0.194 e. The summed E-state index contributed by atoms with van der Waals surface area (Å²) in [6.45, 7) is 6.86. The molecule has 2 aromatic heterocycles. The van der Waals surface area contributed by atoms with Crippen molar-refractivity contribution in [1.29, 1.82) is 0 Å². The molecule has 2 aliphatic heterocycles. The average molecular weight is 954 g/mol. The lowest BCUT2D eigenvalue weighted by Crippen LogP contribution is -2.33. The fourth-order valence-corrected chi connectivity index (χ4v) is 12.0. The van der Waals surface area contributed by atoms with Gasteiger partial charge in [-0.15, -0.1) is 35.1 Å². The Morgan fingerprint density at radius 3 is 1.27 bits per heavy atom. The molecule has 12 heteroatoms. The molecule has 0 aliphatic carbocycles. The monoisotopic (exact) mass is 952 g/mol. The van der Waals surface area contributed by atoms with Crippen molar-refractivity contribution in [2.24, 2.45) is 0 Å². The molecule has 0 radical (unpaired) electrons. The quantitative estimate of drug-likeness (QED) is 0.0789. The summed E-state index contributed by atoms with van der Waals surface area (Å²) in [7, 11) is 0. The number of ketones is 1. The first kappa shape index (κ1) is 46.0. The Bertz CT molecular complexity index is 2820. The van der Waals surface area contributed by atoms with Crippen LogP contribution in [0.1, 0.15) is 54.4 Å². The van der Waals surface area contributed by atoms with Crippen LogP contribution in [-0.4, -0.2) is 88.5 Å². The summed E-state index contributed by atoms with van der Waals surface area (Å²) in [6.07, 6.45) is 7.27. The molecule has 0 unspecified atom stereocenters. The third-order valence-corrected chi connectivity index (χ3v) is 15.3. The first-order chi connectivity index (χ1) is 32.3. The van der Waals surface area contributed by atoms with Crippen LogP contribution in [0.25, 0.3) is 63.3 Å². The first-order valence-corrected chi connectivity index (χ1v) is 24.5. The lowest BCUT2D eigenvalue weighted by molar-refractivity contribution is 0.104. The van der Waals surface area contributed by atoms with Crippen molar-refractivity contribution in [3.05, 3.63) is 132 Å². The average Bonchev–Trinajstić information content (AvgIpc) is 3.90. The van der Waals surface area contributed by atoms with Crippen molar-refractivity contribution in [1.82, 2.24) is 9.80 Å². The number of rotatable bonds is 14. The number of carbonyl (C=O) groups is 1. The molecule has 4 heterocycles. The van der Waals surface area contributed by atoms with Crippen molar-refractivity contribution >= 4 is 61.0 Å². The molecule has 4 N–H and O–H groups in total. The molecule has 0 amide bonds. The minimum Gasteiger partial charge on any atom is -0.508 e. The summed E-state index contributed by atoms with van der Waals surface area (Å²) >= 11 is 3.03. The zero-order chi connectivity index (χ0) is 45.1. The molecule has 8 aromatic rings. The Kier molecular flexibility index (Phi) is 14.0. The smallest absolute Gasteiger partial charge is 0.194 e. The topological polar surface area (TPSA) is 123 Å². The number of halogens is 1. The summed E-state index contributed by atoms with van der Waals surface area (Å²) in [4.78, 5) is 22.5. The number of phenolic OH excluding ortho intramolecular Hbond substituents is 4. The third kappa shape index (κ3) is 9.98. The Hall–Kier alpha value is -6.08. The van der Waals surface area contributed by atoms with E-state index in [1.807, 2.05) is 72.8 Å². The number of benzene rings is 6. The predicted molar refractivity (Wildman–Crippen MR) is 274 cm³/mol. The third-order valence-electron chi connectivity index (χ3n) is 12.9. The Morgan fingerprint density at radius 2 is 0.866 bits per heavy atom. The van der Waals surface area contributed by atoms with Crippen molar-refractivity contribution in [2.75, 3.05) is 52.5 Å². The summed E-state index contributed by atoms with van der Waals surface area (Å²) < 4.78 is 14.7. The van der Waals surface area contributed by atoms with Crippen molar-refractivity contribution in [2.45, 2.75) is 38.5 Å². The number of ether oxygens (including phenoxy) is 2. The lowest BCUT2D eigenvalue weighted by Gasteiger charge is -2.26. The van der Waals surface area contributed by atoms with Gasteiger partial charge in [0, 0.05) is 65.3 Å². The van der Waals surface area contributed by atoms with Crippen LogP contribution in [-0.2, 0) is 0 Å². The summed E-state index contributed by atoms with van der Waals surface area (Å²) in [5.41, 5.74) is 5.67. The molecule has 67 heavy (non-hydrogen) atoms. The molecule has 0 spiro atoms. The highest BCUT2D eigenvalue weighted by molar-refractivity contribution is 7.23. The lowest BCUT2D eigenvalue weighted by atomic mass is 9.87. The van der Waals surface area contributed by atoms with E-state index in [0.717, 1.165) is 91.4 Å². The van der Waals surface area contributed by atoms with Gasteiger partial charge < -0.3 is 29.9 Å². The fraction of sp³-hybridized carbons (Fsp3) is 0.255. The van der Waals surface area contributed by atoms with Crippen molar-refractivity contribution in [3.63, 3.8) is 0 Å². The van der Waals surface area contributed by atoms with Crippen LogP contribution in [0, 0.1) is 0 Å². The van der Waals surface area contributed by atoms with Crippen molar-refractivity contribution in [3.8, 4) is 77.6 Å². The first-order valence-electron chi connectivity index (χ1n) is 22.9. The van der Waals surface area contributed by atoms with Gasteiger partial charge in [0.15, 0.2) is 5.78 Å². The van der Waals surface area contributed by atoms with Gasteiger partial charge in [0.05, 0.1) is 0 Å². The van der Waals surface area contributed by atoms with Gasteiger partial charge in [-0.3, -0.25) is 14.6 Å². The molecule has 10 rings (SSSR count). The van der Waals surface area contributed by atoms with Crippen LogP contribution in [0.15, 0.2) is 121 Å². The van der Waals surface area contributed by atoms with Crippen molar-refractivity contribution < 1.29 is 34.7 Å². The molecule has 344 valence electrons. The van der Waals surface area contributed by atoms with Gasteiger partial charge in [-0.2, -0.15) is 0 Å². The van der Waals surface area contributed by atoms with E-state index in [1.165, 1.54) is 61.2 Å². The van der Waals surface area contributed by atoms with E-state index >= 15 is 4.79 Å². The van der Waals surface area contributed by atoms with E-state index in [1.54, 1.807) is 48.5 Å². The summed E-state index contributed by atoms with van der Waals surface area (Å²) in [6, 6.07) is 36.2. The zero-order valence-corrected chi connectivity index (χ0v) is 39.5. The van der Waals surface area contributed by atoms with Crippen LogP contribution in [0.2, 0.25) is 0 Å². The second-order valence-corrected chi connectivity index (χ2v) is 19.4. The number of piperidine rings is 2. The summed E-state index contributed by atoms with van der Waals surface area (Å²) in [5, 5.41) is 43.7. The van der Waals surface area contributed by atoms with E-state index in [2.05, 4.69) is 9.80 Å². The predicted octanol–water partition coefficient (Wildman–Crippen LogP) is 13.0. The number of thiophene rings is 2. The maximum atomic E-state index is 15.9. The molecular formula is C55H53ClN2O7S2. The minimum absolute atomic E-state index is 0. The van der Waals surface area contributed by atoms with Gasteiger partial charge in [-0.05, 0) is 195 Å². The van der Waals surface area contributed by atoms with Gasteiger partial charge >= 0.3 is 0 Å². The minimum atomic E-state index is -0.204. The van der Waals surface area contributed by atoms with E-state index < -0.39 is 0 Å². The fourth-order valence-electron chi connectivity index (χ4n) is 9.47. The molecule has 0 saturated carbocycles. The normalized spacial score (nSPS) is 14.6. The Labute approximate surface area is 404 Å². The Morgan fingerprint density at radius 1 is 0.478 bits per heavy atom. The molecule has 2 aliphatic rings. The molecule has 0 bridgehead atoms. The molecule has 9 nitrogen and oxygen atoms in total. The van der Waals surface area contributed by atoms with Crippen LogP contribution < -0.4 is 9.47 Å².